The van der Waals surface area contributed by atoms with Crippen molar-refractivity contribution in [3.8, 4) is 11.1 Å². The quantitative estimate of drug-likeness (QED) is 0.596. The standard InChI is InChI=1S/C26H30N2O5/c1-26(2,3)22(24(30)31)28-23(29)20-12-15(20)13-27-25(32)33-14-21-18-10-6-4-8-16(18)17-9-5-7-11-19(17)21/h4-11,15,20-22H,12-14H2,1-3H3,(H,27,32)(H,28,29)(H,30,31)/t15?,20?,22-/m0/s1. The van der Waals surface area contributed by atoms with Crippen LogP contribution in [0.5, 0.6) is 0 Å². The van der Waals surface area contributed by atoms with Gasteiger partial charge in [0, 0.05) is 18.4 Å². The third-order valence-electron chi connectivity index (χ3n) is 6.51. The molecule has 2 amide bonds. The van der Waals surface area contributed by atoms with E-state index in [0.29, 0.717) is 13.0 Å². The number of benzene rings is 2. The van der Waals surface area contributed by atoms with Crippen LogP contribution in [0.4, 0.5) is 4.79 Å². The van der Waals surface area contributed by atoms with Crippen molar-refractivity contribution < 1.29 is 24.2 Å². The van der Waals surface area contributed by atoms with Crippen molar-refractivity contribution in [2.45, 2.75) is 39.2 Å². The third kappa shape index (κ3) is 4.87. The molecule has 2 aliphatic rings. The lowest BCUT2D eigenvalue weighted by molar-refractivity contribution is -0.145. The average Bonchev–Trinajstić information content (AvgIpc) is 3.48. The molecule has 0 heterocycles. The summed E-state index contributed by atoms with van der Waals surface area (Å²) in [5.41, 5.74) is 4.05. The number of ether oxygens (including phenoxy) is 1. The molecule has 2 aromatic carbocycles. The van der Waals surface area contributed by atoms with E-state index in [2.05, 4.69) is 34.9 Å². The van der Waals surface area contributed by atoms with Crippen LogP contribution in [-0.4, -0.2) is 42.3 Å². The molecule has 0 radical (unpaired) electrons. The number of carboxylic acids is 1. The smallest absolute Gasteiger partial charge is 0.407 e. The fraction of sp³-hybridized carbons (Fsp3) is 0.423. The van der Waals surface area contributed by atoms with Gasteiger partial charge in [-0.3, -0.25) is 4.79 Å². The summed E-state index contributed by atoms with van der Waals surface area (Å²) < 4.78 is 5.53. The Kier molecular flexibility index (Phi) is 6.15. The van der Waals surface area contributed by atoms with E-state index in [0.717, 1.165) is 11.1 Å². The van der Waals surface area contributed by atoms with Gasteiger partial charge in [-0.1, -0.05) is 69.3 Å². The molecule has 1 fully saturated rings. The van der Waals surface area contributed by atoms with Gasteiger partial charge in [-0.05, 0) is 40.0 Å². The summed E-state index contributed by atoms with van der Waals surface area (Å²) in [6, 6.07) is 15.3. The van der Waals surface area contributed by atoms with Crippen LogP contribution in [0.3, 0.4) is 0 Å². The van der Waals surface area contributed by atoms with Gasteiger partial charge in [0.25, 0.3) is 0 Å². The molecule has 3 N–H and O–H groups in total. The third-order valence-corrected chi connectivity index (χ3v) is 6.51. The van der Waals surface area contributed by atoms with Gasteiger partial charge in [-0.2, -0.15) is 0 Å². The van der Waals surface area contributed by atoms with E-state index in [1.807, 2.05) is 24.3 Å². The molecular formula is C26H30N2O5. The lowest BCUT2D eigenvalue weighted by atomic mass is 9.86. The second-order valence-electron chi connectivity index (χ2n) is 9.95. The zero-order chi connectivity index (χ0) is 23.8. The molecule has 2 aromatic rings. The Hall–Kier alpha value is -3.35. The lowest BCUT2D eigenvalue weighted by Gasteiger charge is -2.27. The van der Waals surface area contributed by atoms with Crippen molar-refractivity contribution in [2.75, 3.05) is 13.2 Å². The molecule has 33 heavy (non-hydrogen) atoms. The zero-order valence-electron chi connectivity index (χ0n) is 19.1. The summed E-state index contributed by atoms with van der Waals surface area (Å²) >= 11 is 0. The van der Waals surface area contributed by atoms with Crippen molar-refractivity contribution >= 4 is 18.0 Å². The monoisotopic (exact) mass is 450 g/mol. The molecule has 0 saturated heterocycles. The number of carbonyl (C=O) groups is 3. The minimum atomic E-state index is -1.05. The average molecular weight is 451 g/mol. The van der Waals surface area contributed by atoms with E-state index in [-0.39, 0.29) is 30.3 Å². The molecule has 4 rings (SSSR count). The highest BCUT2D eigenvalue weighted by Gasteiger charge is 2.45. The first-order valence-corrected chi connectivity index (χ1v) is 11.3. The van der Waals surface area contributed by atoms with Crippen LogP contribution in [0.1, 0.15) is 44.2 Å². The van der Waals surface area contributed by atoms with Crippen molar-refractivity contribution in [1.29, 1.82) is 0 Å². The van der Waals surface area contributed by atoms with E-state index in [4.69, 9.17) is 4.74 Å². The summed E-state index contributed by atoms with van der Waals surface area (Å²) in [4.78, 5) is 36.2. The summed E-state index contributed by atoms with van der Waals surface area (Å²) in [6.45, 7) is 5.88. The van der Waals surface area contributed by atoms with Gasteiger partial charge in [0.15, 0.2) is 0 Å². The molecule has 0 spiro atoms. The summed E-state index contributed by atoms with van der Waals surface area (Å²) in [6.07, 6.45) is 0.104. The summed E-state index contributed by atoms with van der Waals surface area (Å²) in [5.74, 6) is -1.64. The molecule has 2 aliphatic carbocycles. The highest BCUT2D eigenvalue weighted by Crippen LogP contribution is 2.44. The molecule has 7 nitrogen and oxygen atoms in total. The number of carbonyl (C=O) groups excluding carboxylic acids is 2. The second kappa shape index (κ2) is 8.89. The van der Waals surface area contributed by atoms with Crippen molar-refractivity contribution in [2.24, 2.45) is 17.3 Å². The van der Waals surface area contributed by atoms with E-state index in [1.165, 1.54) is 11.1 Å². The number of hydrogen-bond acceptors (Lipinski definition) is 4. The molecule has 7 heteroatoms. The second-order valence-corrected chi connectivity index (χ2v) is 9.95. The molecule has 174 valence electrons. The Morgan fingerprint density at radius 1 is 1.03 bits per heavy atom. The van der Waals surface area contributed by atoms with Crippen LogP contribution >= 0.6 is 0 Å². The first-order chi connectivity index (χ1) is 15.7. The van der Waals surface area contributed by atoms with Gasteiger partial charge in [-0.25, -0.2) is 9.59 Å². The van der Waals surface area contributed by atoms with E-state index < -0.39 is 23.5 Å². The molecule has 0 aliphatic heterocycles. The number of carboxylic acid groups (broad SMARTS) is 1. The van der Waals surface area contributed by atoms with Crippen LogP contribution in [0, 0.1) is 17.3 Å². The highest BCUT2D eigenvalue weighted by molar-refractivity contribution is 5.87. The van der Waals surface area contributed by atoms with Crippen LogP contribution < -0.4 is 10.6 Å². The van der Waals surface area contributed by atoms with E-state index in [9.17, 15) is 19.5 Å². The van der Waals surface area contributed by atoms with Gasteiger partial charge >= 0.3 is 12.1 Å². The van der Waals surface area contributed by atoms with Gasteiger partial charge < -0.3 is 20.5 Å². The van der Waals surface area contributed by atoms with Gasteiger partial charge in [0.05, 0.1) is 0 Å². The fourth-order valence-electron chi connectivity index (χ4n) is 4.56. The number of hydrogen-bond donors (Lipinski definition) is 3. The Labute approximate surface area is 193 Å². The SMILES string of the molecule is CC(C)(C)[C@@H](NC(=O)C1CC1CNC(=O)OCC1c2ccccc2-c2ccccc21)C(=O)O. The summed E-state index contributed by atoms with van der Waals surface area (Å²) in [5, 5.41) is 14.8. The maximum Gasteiger partial charge on any atom is 0.407 e. The van der Waals surface area contributed by atoms with Crippen LogP contribution in [-0.2, 0) is 14.3 Å². The topological polar surface area (TPSA) is 105 Å². The normalized spacial score (nSPS) is 19.7. The number of amides is 2. The number of nitrogens with one attached hydrogen (secondary N) is 2. The van der Waals surface area contributed by atoms with E-state index >= 15 is 0 Å². The molecule has 0 aromatic heterocycles. The Morgan fingerprint density at radius 2 is 1.61 bits per heavy atom. The first-order valence-electron chi connectivity index (χ1n) is 11.3. The Bertz CT molecular complexity index is 1030. The number of alkyl carbamates (subject to hydrolysis) is 1. The minimum absolute atomic E-state index is 0.00653. The minimum Gasteiger partial charge on any atom is -0.480 e. The van der Waals surface area contributed by atoms with Crippen molar-refractivity contribution in [1.82, 2.24) is 10.6 Å². The molecular weight excluding hydrogens is 420 g/mol. The van der Waals surface area contributed by atoms with Crippen molar-refractivity contribution in [3.63, 3.8) is 0 Å². The Balaban J connectivity index is 1.26. The number of aliphatic carboxylic acids is 1. The number of fused-ring (bicyclic) bond motifs is 3. The number of rotatable bonds is 7. The largest absolute Gasteiger partial charge is 0.480 e. The lowest BCUT2D eigenvalue weighted by Crippen LogP contribution is -2.49. The predicted molar refractivity (Wildman–Crippen MR) is 124 cm³/mol. The molecule has 2 unspecified atom stereocenters. The summed E-state index contributed by atoms with van der Waals surface area (Å²) in [7, 11) is 0. The fourth-order valence-corrected chi connectivity index (χ4v) is 4.56. The van der Waals surface area contributed by atoms with Gasteiger partial charge in [-0.15, -0.1) is 0 Å². The molecule has 3 atom stereocenters. The first kappa shape index (κ1) is 22.8. The van der Waals surface area contributed by atoms with Crippen LogP contribution in [0.2, 0.25) is 0 Å². The zero-order valence-corrected chi connectivity index (χ0v) is 19.1. The maximum absolute atomic E-state index is 12.4. The maximum atomic E-state index is 12.4. The van der Waals surface area contributed by atoms with E-state index in [1.54, 1.807) is 20.8 Å². The van der Waals surface area contributed by atoms with Gasteiger partial charge in [0.2, 0.25) is 5.91 Å². The highest BCUT2D eigenvalue weighted by atomic mass is 16.5. The molecule has 1 saturated carbocycles. The molecule has 0 bridgehead atoms. The van der Waals surface area contributed by atoms with Gasteiger partial charge in [0.1, 0.15) is 12.6 Å². The predicted octanol–water partition coefficient (Wildman–Crippen LogP) is 3.78. The Morgan fingerprint density at radius 3 is 2.15 bits per heavy atom. The van der Waals surface area contributed by atoms with Crippen molar-refractivity contribution in [3.05, 3.63) is 59.7 Å². The van der Waals surface area contributed by atoms with Crippen LogP contribution in [0.25, 0.3) is 11.1 Å². The van der Waals surface area contributed by atoms with Crippen LogP contribution in [0.15, 0.2) is 48.5 Å².